The summed E-state index contributed by atoms with van der Waals surface area (Å²) < 4.78 is 0. The largest absolute Gasteiger partial charge is 0.342 e. The van der Waals surface area contributed by atoms with E-state index in [1.54, 1.807) is 0 Å². The van der Waals surface area contributed by atoms with Crippen molar-refractivity contribution in [2.24, 2.45) is 11.8 Å². The van der Waals surface area contributed by atoms with Gasteiger partial charge in [0.25, 0.3) is 0 Å². The molecule has 5 rings (SSSR count). The van der Waals surface area contributed by atoms with Crippen molar-refractivity contribution in [3.63, 3.8) is 0 Å². The third kappa shape index (κ3) is 5.02. The Kier molecular flexibility index (Phi) is 7.24. The van der Waals surface area contributed by atoms with Gasteiger partial charge in [-0.25, -0.2) is 0 Å². The zero-order valence-corrected chi connectivity index (χ0v) is 21.2. The molecule has 2 aromatic carbocycles. The molecule has 2 aromatic rings. The van der Waals surface area contributed by atoms with E-state index in [1.165, 1.54) is 29.5 Å². The minimum atomic E-state index is -0.451. The van der Waals surface area contributed by atoms with Crippen LogP contribution in [0.25, 0.3) is 0 Å². The van der Waals surface area contributed by atoms with Crippen molar-refractivity contribution in [3.05, 3.63) is 70.8 Å². The number of hydrogen-bond donors (Lipinski definition) is 1. The number of nitrogens with one attached hydrogen (secondary N) is 1. The molecule has 2 atom stereocenters. The molecule has 1 N–H and O–H groups in total. The summed E-state index contributed by atoms with van der Waals surface area (Å²) in [6.45, 7) is 8.04. The molecule has 2 aliphatic heterocycles. The second-order valence-electron chi connectivity index (χ2n) is 10.7. The highest BCUT2D eigenvalue weighted by Gasteiger charge is 2.46. The van der Waals surface area contributed by atoms with Crippen LogP contribution in [0.15, 0.2) is 48.5 Å². The normalized spacial score (nSPS) is 23.2. The number of rotatable bonds is 8. The number of piperazine rings is 1. The van der Waals surface area contributed by atoms with Gasteiger partial charge in [-0.1, -0.05) is 75.2 Å². The predicted molar refractivity (Wildman–Crippen MR) is 139 cm³/mol. The molecule has 5 nitrogen and oxygen atoms in total. The van der Waals surface area contributed by atoms with Crippen molar-refractivity contribution in [3.8, 4) is 0 Å². The molecule has 0 unspecified atom stereocenters. The fraction of sp³-hybridized carbons (Fsp3) is 0.533. The van der Waals surface area contributed by atoms with Crippen molar-refractivity contribution >= 4 is 11.8 Å². The first-order valence-electron chi connectivity index (χ1n) is 13.5. The third-order valence-electron chi connectivity index (χ3n) is 8.45. The van der Waals surface area contributed by atoms with Crippen molar-refractivity contribution in [2.75, 3.05) is 13.1 Å². The van der Waals surface area contributed by atoms with E-state index >= 15 is 0 Å². The van der Waals surface area contributed by atoms with Gasteiger partial charge < -0.3 is 10.2 Å². The van der Waals surface area contributed by atoms with E-state index in [9.17, 15) is 9.59 Å². The molecule has 3 aliphatic rings. The van der Waals surface area contributed by atoms with Crippen molar-refractivity contribution < 1.29 is 9.59 Å². The second kappa shape index (κ2) is 10.5. The molecule has 2 fully saturated rings. The molecule has 2 saturated heterocycles. The van der Waals surface area contributed by atoms with Crippen LogP contribution < -0.4 is 5.32 Å². The van der Waals surface area contributed by atoms with Crippen LogP contribution >= 0.6 is 0 Å². The summed E-state index contributed by atoms with van der Waals surface area (Å²) in [6, 6.07) is 16.2. The van der Waals surface area contributed by atoms with E-state index in [4.69, 9.17) is 0 Å². The Morgan fingerprint density at radius 1 is 0.886 bits per heavy atom. The summed E-state index contributed by atoms with van der Waals surface area (Å²) in [7, 11) is 0. The van der Waals surface area contributed by atoms with Gasteiger partial charge in [-0.05, 0) is 72.9 Å². The second-order valence-corrected chi connectivity index (χ2v) is 10.7. The molecular weight excluding hydrogens is 434 g/mol. The van der Waals surface area contributed by atoms with E-state index in [2.05, 4.69) is 72.6 Å². The first-order valence-corrected chi connectivity index (χ1v) is 13.5. The lowest BCUT2D eigenvalue weighted by Gasteiger charge is -2.43. The van der Waals surface area contributed by atoms with Crippen LogP contribution in [0.4, 0.5) is 0 Å². The molecule has 186 valence electrons. The van der Waals surface area contributed by atoms with E-state index < -0.39 is 12.1 Å². The van der Waals surface area contributed by atoms with E-state index in [-0.39, 0.29) is 23.7 Å². The van der Waals surface area contributed by atoms with Crippen molar-refractivity contribution in [2.45, 2.75) is 77.5 Å². The van der Waals surface area contributed by atoms with Crippen LogP contribution in [0, 0.1) is 11.8 Å². The molecular formula is C30H39N3O2. The Morgan fingerprint density at radius 3 is 2.14 bits per heavy atom. The maximum atomic E-state index is 14.0. The van der Waals surface area contributed by atoms with Gasteiger partial charge in [0.15, 0.2) is 0 Å². The summed E-state index contributed by atoms with van der Waals surface area (Å²) in [5.41, 5.74) is 5.03. The SMILES string of the molecule is CCC(CC)[C@@H]1C(=O)N[C@H](C2Cc3ccccc3C2)C(=O)N1Cc1cccc(CN2CCCC2)c1. The summed E-state index contributed by atoms with van der Waals surface area (Å²) in [6.07, 6.45) is 6.02. The highest BCUT2D eigenvalue weighted by atomic mass is 16.2. The van der Waals surface area contributed by atoms with Gasteiger partial charge in [0, 0.05) is 13.1 Å². The molecule has 0 bridgehead atoms. The maximum absolute atomic E-state index is 14.0. The fourth-order valence-electron chi connectivity index (χ4n) is 6.51. The third-order valence-corrected chi connectivity index (χ3v) is 8.45. The van der Waals surface area contributed by atoms with Crippen LogP contribution in [0.2, 0.25) is 0 Å². The summed E-state index contributed by atoms with van der Waals surface area (Å²) in [5, 5.41) is 3.18. The zero-order valence-electron chi connectivity index (χ0n) is 21.2. The molecule has 2 heterocycles. The van der Waals surface area contributed by atoms with Gasteiger partial charge in [0.1, 0.15) is 12.1 Å². The first kappa shape index (κ1) is 24.1. The van der Waals surface area contributed by atoms with E-state index in [1.807, 2.05) is 4.90 Å². The summed E-state index contributed by atoms with van der Waals surface area (Å²) in [5.74, 6) is 0.390. The highest BCUT2D eigenvalue weighted by Crippen LogP contribution is 2.33. The Hall–Kier alpha value is -2.66. The Labute approximate surface area is 209 Å². The highest BCUT2D eigenvalue weighted by molar-refractivity contribution is 5.97. The average molecular weight is 474 g/mol. The van der Waals surface area contributed by atoms with Crippen molar-refractivity contribution in [1.82, 2.24) is 15.1 Å². The van der Waals surface area contributed by atoms with Crippen LogP contribution in [0.3, 0.4) is 0 Å². The fourth-order valence-corrected chi connectivity index (χ4v) is 6.51. The zero-order chi connectivity index (χ0) is 24.4. The minimum absolute atomic E-state index is 0.0208. The van der Waals surface area contributed by atoms with Gasteiger partial charge in [-0.15, -0.1) is 0 Å². The van der Waals surface area contributed by atoms with Crippen LogP contribution in [0.5, 0.6) is 0 Å². The quantitative estimate of drug-likeness (QED) is 0.621. The molecule has 0 saturated carbocycles. The number of likely N-dealkylation sites (tertiary alicyclic amines) is 1. The lowest BCUT2D eigenvalue weighted by Crippen LogP contribution is -2.66. The Morgan fingerprint density at radius 2 is 1.51 bits per heavy atom. The molecule has 2 amide bonds. The number of carbonyl (C=O) groups is 2. The van der Waals surface area contributed by atoms with Crippen LogP contribution in [-0.4, -0.2) is 46.8 Å². The van der Waals surface area contributed by atoms with Gasteiger partial charge in [0.2, 0.25) is 11.8 Å². The monoisotopic (exact) mass is 473 g/mol. The minimum Gasteiger partial charge on any atom is -0.342 e. The van der Waals surface area contributed by atoms with Crippen molar-refractivity contribution in [1.29, 1.82) is 0 Å². The smallest absolute Gasteiger partial charge is 0.246 e. The molecule has 0 aromatic heterocycles. The lowest BCUT2D eigenvalue weighted by molar-refractivity contribution is -0.154. The molecule has 0 radical (unpaired) electrons. The number of fused-ring (bicyclic) bond motifs is 1. The van der Waals surface area contributed by atoms with Gasteiger partial charge in [-0.3, -0.25) is 14.5 Å². The van der Waals surface area contributed by atoms with Crippen LogP contribution in [-0.2, 0) is 35.5 Å². The number of nitrogens with zero attached hydrogens (tertiary/aromatic N) is 2. The predicted octanol–water partition coefficient (Wildman–Crippen LogP) is 4.33. The summed E-state index contributed by atoms with van der Waals surface area (Å²) in [4.78, 5) is 32.0. The van der Waals surface area contributed by atoms with E-state index in [0.29, 0.717) is 6.54 Å². The van der Waals surface area contributed by atoms with Gasteiger partial charge >= 0.3 is 0 Å². The van der Waals surface area contributed by atoms with Crippen LogP contribution in [0.1, 0.15) is 61.8 Å². The molecule has 35 heavy (non-hydrogen) atoms. The Balaban J connectivity index is 1.39. The Bertz CT molecular complexity index is 1030. The molecule has 5 heteroatoms. The molecule has 0 spiro atoms. The van der Waals surface area contributed by atoms with Gasteiger partial charge in [0.05, 0.1) is 0 Å². The maximum Gasteiger partial charge on any atom is 0.246 e. The summed E-state index contributed by atoms with van der Waals surface area (Å²) >= 11 is 0. The molecule has 1 aliphatic carbocycles. The average Bonchev–Trinajstić information content (AvgIpc) is 3.53. The topological polar surface area (TPSA) is 52.7 Å². The number of amides is 2. The van der Waals surface area contributed by atoms with Gasteiger partial charge in [-0.2, -0.15) is 0 Å². The number of carbonyl (C=O) groups excluding carboxylic acids is 2. The standard InChI is InChI=1S/C30H39N3O2/c1-3-23(4-2)28-29(34)31-27(26-17-24-12-5-6-13-25(24)18-26)30(35)33(28)20-22-11-9-10-21(16-22)19-32-14-7-8-15-32/h5-6,9-13,16,23,26-28H,3-4,7-8,14-15,17-20H2,1-2H3,(H,31,34)/t27-,28-/m1/s1. The first-order chi connectivity index (χ1) is 17.1. The van der Waals surface area contributed by atoms with E-state index in [0.717, 1.165) is 50.9 Å². The number of benzene rings is 2. The lowest BCUT2D eigenvalue weighted by atomic mass is 9.86. The number of hydrogen-bond acceptors (Lipinski definition) is 3.